The quantitative estimate of drug-likeness (QED) is 0.636. The van der Waals surface area contributed by atoms with E-state index in [1.807, 2.05) is 6.07 Å². The summed E-state index contributed by atoms with van der Waals surface area (Å²) in [6.07, 6.45) is 0. The van der Waals surface area contributed by atoms with E-state index >= 15 is 0 Å². The Balaban J connectivity index is 2.44. The number of nitrogens with one attached hydrogen (secondary N) is 2. The largest absolute Gasteiger partial charge is 0.383 e. The lowest BCUT2D eigenvalue weighted by molar-refractivity contribution is 0.199. The van der Waals surface area contributed by atoms with E-state index in [0.29, 0.717) is 37.4 Å². The number of sulfonamides is 1. The van der Waals surface area contributed by atoms with Crippen molar-refractivity contribution in [1.82, 2.24) is 10.0 Å². The Morgan fingerprint density at radius 2 is 2.00 bits per heavy atom. The predicted molar refractivity (Wildman–Crippen MR) is 76.5 cm³/mol. The van der Waals surface area contributed by atoms with E-state index in [0.717, 1.165) is 0 Å². The number of ether oxygens (including phenoxy) is 1. The van der Waals surface area contributed by atoms with Gasteiger partial charge in [0.05, 0.1) is 24.0 Å². The SMILES string of the molecule is COCCNCCNS(=O)(=O)Cc1ccccc1C#N. The topological polar surface area (TPSA) is 91.2 Å². The number of methoxy groups -OCH3 is 1. The van der Waals surface area contributed by atoms with Crippen LogP contribution in [0.1, 0.15) is 11.1 Å². The lowest BCUT2D eigenvalue weighted by atomic mass is 10.1. The second-order valence-corrected chi connectivity index (χ2v) is 5.97. The molecule has 0 aliphatic carbocycles. The first kappa shape index (κ1) is 16.6. The second kappa shape index (κ2) is 8.66. The molecule has 20 heavy (non-hydrogen) atoms. The Morgan fingerprint density at radius 3 is 2.70 bits per heavy atom. The molecule has 0 bridgehead atoms. The zero-order chi connectivity index (χ0) is 14.8. The number of rotatable bonds is 9. The minimum absolute atomic E-state index is 0.186. The standard InChI is InChI=1S/C13H19N3O3S/c1-19-9-8-15-6-7-16-20(17,18)11-13-5-3-2-4-12(13)10-14/h2-5,15-16H,6-9,11H2,1H3. The Morgan fingerprint density at radius 1 is 1.25 bits per heavy atom. The van der Waals surface area contributed by atoms with Gasteiger partial charge in [0.1, 0.15) is 0 Å². The molecule has 0 heterocycles. The van der Waals surface area contributed by atoms with Crippen LogP contribution in [0.25, 0.3) is 0 Å². The fraction of sp³-hybridized carbons (Fsp3) is 0.462. The van der Waals surface area contributed by atoms with Crippen molar-refractivity contribution in [2.75, 3.05) is 33.4 Å². The van der Waals surface area contributed by atoms with Crippen LogP contribution in [0.15, 0.2) is 24.3 Å². The van der Waals surface area contributed by atoms with E-state index < -0.39 is 10.0 Å². The number of benzene rings is 1. The van der Waals surface area contributed by atoms with Crippen LogP contribution in [0.5, 0.6) is 0 Å². The van der Waals surface area contributed by atoms with E-state index in [1.54, 1.807) is 31.4 Å². The van der Waals surface area contributed by atoms with Crippen molar-refractivity contribution in [3.8, 4) is 6.07 Å². The molecule has 0 amide bonds. The van der Waals surface area contributed by atoms with Crippen LogP contribution >= 0.6 is 0 Å². The highest BCUT2D eigenvalue weighted by molar-refractivity contribution is 7.88. The Bertz CT molecular complexity index is 552. The third-order valence-electron chi connectivity index (χ3n) is 2.59. The first-order valence-corrected chi connectivity index (χ1v) is 7.89. The van der Waals surface area contributed by atoms with Gasteiger partial charge < -0.3 is 10.1 Å². The average molecular weight is 297 g/mol. The molecule has 110 valence electrons. The molecule has 1 rings (SSSR count). The molecule has 1 aromatic carbocycles. The first-order valence-electron chi connectivity index (χ1n) is 6.24. The molecule has 0 aliphatic rings. The highest BCUT2D eigenvalue weighted by Crippen LogP contribution is 2.10. The van der Waals surface area contributed by atoms with Gasteiger partial charge in [-0.3, -0.25) is 0 Å². The van der Waals surface area contributed by atoms with Crippen LogP contribution in [0, 0.1) is 11.3 Å². The third kappa shape index (κ3) is 6.12. The van der Waals surface area contributed by atoms with Crippen LogP contribution in [0.2, 0.25) is 0 Å². The average Bonchev–Trinajstić information content (AvgIpc) is 2.43. The number of hydrogen-bond donors (Lipinski definition) is 2. The summed E-state index contributed by atoms with van der Waals surface area (Å²) in [5.41, 5.74) is 0.894. The van der Waals surface area contributed by atoms with Gasteiger partial charge in [-0.25, -0.2) is 13.1 Å². The molecule has 0 radical (unpaired) electrons. The normalized spacial score (nSPS) is 11.2. The Hall–Kier alpha value is -1.46. The van der Waals surface area contributed by atoms with Gasteiger partial charge >= 0.3 is 0 Å². The maximum atomic E-state index is 11.9. The van der Waals surface area contributed by atoms with E-state index in [2.05, 4.69) is 10.0 Å². The Kier molecular flexibility index (Phi) is 7.18. The van der Waals surface area contributed by atoms with Crippen molar-refractivity contribution in [3.05, 3.63) is 35.4 Å². The molecule has 1 aromatic rings. The number of nitrogens with zero attached hydrogens (tertiary/aromatic N) is 1. The molecule has 7 heteroatoms. The molecule has 2 N–H and O–H groups in total. The molecule has 0 atom stereocenters. The van der Waals surface area contributed by atoms with Crippen molar-refractivity contribution in [2.45, 2.75) is 5.75 Å². The molecule has 0 saturated heterocycles. The van der Waals surface area contributed by atoms with Crippen molar-refractivity contribution in [1.29, 1.82) is 5.26 Å². The first-order chi connectivity index (χ1) is 9.59. The number of hydrogen-bond acceptors (Lipinski definition) is 5. The van der Waals surface area contributed by atoms with Gasteiger partial charge in [-0.1, -0.05) is 18.2 Å². The lowest BCUT2D eigenvalue weighted by Gasteiger charge is -2.08. The van der Waals surface area contributed by atoms with E-state index in [-0.39, 0.29) is 5.75 Å². The molecular formula is C13H19N3O3S. The predicted octanol–water partition coefficient (Wildman–Crippen LogP) is 0.214. The fourth-order valence-electron chi connectivity index (χ4n) is 1.61. The van der Waals surface area contributed by atoms with Crippen LogP contribution < -0.4 is 10.0 Å². The summed E-state index contributed by atoms with van der Waals surface area (Å²) in [5, 5.41) is 12.0. The molecule has 0 spiro atoms. The smallest absolute Gasteiger partial charge is 0.215 e. The van der Waals surface area contributed by atoms with E-state index in [1.165, 1.54) is 0 Å². The molecule has 0 aromatic heterocycles. The zero-order valence-corrected chi connectivity index (χ0v) is 12.2. The fourth-order valence-corrected chi connectivity index (χ4v) is 2.78. The summed E-state index contributed by atoms with van der Waals surface area (Å²) < 4.78 is 31.1. The van der Waals surface area contributed by atoms with Crippen LogP contribution in [0.4, 0.5) is 0 Å². The van der Waals surface area contributed by atoms with Gasteiger partial charge in [-0.15, -0.1) is 0 Å². The molecule has 0 aliphatic heterocycles. The second-order valence-electron chi connectivity index (χ2n) is 4.17. The van der Waals surface area contributed by atoms with Crippen molar-refractivity contribution in [3.63, 3.8) is 0 Å². The van der Waals surface area contributed by atoms with E-state index in [9.17, 15) is 8.42 Å². The van der Waals surface area contributed by atoms with Gasteiger partial charge in [0, 0.05) is 26.7 Å². The van der Waals surface area contributed by atoms with Gasteiger partial charge in [-0.05, 0) is 11.6 Å². The van der Waals surface area contributed by atoms with Gasteiger partial charge in [0.2, 0.25) is 10.0 Å². The molecule has 0 saturated carbocycles. The van der Waals surface area contributed by atoms with E-state index in [4.69, 9.17) is 10.00 Å². The minimum atomic E-state index is -3.43. The summed E-state index contributed by atoms with van der Waals surface area (Å²) in [6, 6.07) is 8.68. The summed E-state index contributed by atoms with van der Waals surface area (Å²) in [4.78, 5) is 0. The van der Waals surface area contributed by atoms with Crippen LogP contribution in [-0.4, -0.2) is 41.8 Å². The van der Waals surface area contributed by atoms with Crippen molar-refractivity contribution < 1.29 is 13.2 Å². The maximum absolute atomic E-state index is 11.9. The molecule has 6 nitrogen and oxygen atoms in total. The summed E-state index contributed by atoms with van der Waals surface area (Å²) in [5.74, 6) is -0.186. The molecular weight excluding hydrogens is 278 g/mol. The summed E-state index contributed by atoms with van der Waals surface area (Å²) in [7, 11) is -1.82. The van der Waals surface area contributed by atoms with Crippen molar-refractivity contribution in [2.24, 2.45) is 0 Å². The third-order valence-corrected chi connectivity index (χ3v) is 3.93. The summed E-state index contributed by atoms with van der Waals surface area (Å²) >= 11 is 0. The van der Waals surface area contributed by atoms with Gasteiger partial charge in [0.15, 0.2) is 0 Å². The zero-order valence-electron chi connectivity index (χ0n) is 11.4. The highest BCUT2D eigenvalue weighted by Gasteiger charge is 2.13. The monoisotopic (exact) mass is 297 g/mol. The summed E-state index contributed by atoms with van der Waals surface area (Å²) in [6.45, 7) is 2.10. The highest BCUT2D eigenvalue weighted by atomic mass is 32.2. The molecule has 0 unspecified atom stereocenters. The van der Waals surface area contributed by atoms with Gasteiger partial charge in [0.25, 0.3) is 0 Å². The maximum Gasteiger partial charge on any atom is 0.215 e. The Labute approximate surface area is 119 Å². The number of nitriles is 1. The molecule has 0 fully saturated rings. The van der Waals surface area contributed by atoms with Crippen LogP contribution in [-0.2, 0) is 20.5 Å². The van der Waals surface area contributed by atoms with Gasteiger partial charge in [-0.2, -0.15) is 5.26 Å². The van der Waals surface area contributed by atoms with Crippen molar-refractivity contribution >= 4 is 10.0 Å². The lowest BCUT2D eigenvalue weighted by Crippen LogP contribution is -2.33. The minimum Gasteiger partial charge on any atom is -0.383 e. The van der Waals surface area contributed by atoms with Crippen LogP contribution in [0.3, 0.4) is 0 Å².